The zero-order valence-electron chi connectivity index (χ0n) is 19.6. The molecule has 1 aliphatic heterocycles. The Balaban J connectivity index is 1.37. The van der Waals surface area contributed by atoms with E-state index in [1.165, 1.54) is 7.11 Å². The number of thioether (sulfide) groups is 1. The molecule has 9 heteroatoms. The Morgan fingerprint density at radius 1 is 1.31 bits per heavy atom. The topological polar surface area (TPSA) is 95.8 Å². The zero-order valence-corrected chi connectivity index (χ0v) is 20.5. The Bertz CT molecular complexity index is 1150. The number of carboxylic acid groups (broad SMARTS) is 1. The third kappa shape index (κ3) is 6.28. The number of pyridine rings is 2. The number of benzene rings is 1. The highest BCUT2D eigenvalue weighted by Gasteiger charge is 2.34. The van der Waals surface area contributed by atoms with Gasteiger partial charge in [-0.3, -0.25) is 9.78 Å². The number of aliphatic hydroxyl groups excluding tert-OH is 1. The molecule has 3 heterocycles. The minimum Gasteiger partial charge on any atom is -0.497 e. The first-order valence-electron chi connectivity index (χ1n) is 11.8. The molecule has 4 rings (SSSR count). The molecule has 7 nitrogen and oxygen atoms in total. The van der Waals surface area contributed by atoms with Crippen molar-refractivity contribution in [1.29, 1.82) is 0 Å². The first-order valence-corrected chi connectivity index (χ1v) is 12.7. The van der Waals surface area contributed by atoms with Gasteiger partial charge < -0.3 is 19.8 Å². The molecule has 3 unspecified atom stereocenters. The van der Waals surface area contributed by atoms with Crippen LogP contribution in [0.5, 0.6) is 5.75 Å². The summed E-state index contributed by atoms with van der Waals surface area (Å²) >= 11 is 1.66. The zero-order chi connectivity index (χ0) is 24.8. The molecule has 186 valence electrons. The van der Waals surface area contributed by atoms with Crippen molar-refractivity contribution in [3.63, 3.8) is 0 Å². The molecule has 1 aromatic carbocycles. The van der Waals surface area contributed by atoms with Gasteiger partial charge in [0.25, 0.3) is 0 Å². The quantitative estimate of drug-likeness (QED) is 0.396. The number of methoxy groups -OCH3 is 1. The van der Waals surface area contributed by atoms with Crippen LogP contribution in [0, 0.1) is 17.7 Å². The van der Waals surface area contributed by atoms with Crippen molar-refractivity contribution >= 4 is 28.6 Å². The van der Waals surface area contributed by atoms with Crippen LogP contribution in [0.1, 0.15) is 30.9 Å². The first-order chi connectivity index (χ1) is 17.0. The standard InChI is InChI=1S/C26H30FN3O4S/c1-34-18-6-7-22-19(14-18)25(21(27)15-29-22)23(31)8-5-17-9-11-30(16-20(17)26(32)33)12-13-35-24-4-2-3-10-28-24/h2-4,6-7,10,14-15,17,20,23,31H,5,8-9,11-13,16H2,1H3,(H,32,33). The van der Waals surface area contributed by atoms with Crippen molar-refractivity contribution in [1.82, 2.24) is 14.9 Å². The van der Waals surface area contributed by atoms with Gasteiger partial charge in [0.05, 0.1) is 35.9 Å². The maximum atomic E-state index is 14.7. The molecule has 3 atom stereocenters. The number of aliphatic carboxylic acids is 1. The van der Waals surface area contributed by atoms with Gasteiger partial charge in [0.2, 0.25) is 0 Å². The summed E-state index contributed by atoms with van der Waals surface area (Å²) < 4.78 is 19.9. The largest absolute Gasteiger partial charge is 0.497 e. The summed E-state index contributed by atoms with van der Waals surface area (Å²) in [5.41, 5.74) is 0.756. The second kappa shape index (κ2) is 11.8. The Morgan fingerprint density at radius 2 is 2.17 bits per heavy atom. The van der Waals surface area contributed by atoms with E-state index in [1.54, 1.807) is 36.2 Å². The number of likely N-dealkylation sites (tertiary alicyclic amines) is 1. The van der Waals surface area contributed by atoms with E-state index in [2.05, 4.69) is 14.9 Å². The third-order valence-electron chi connectivity index (χ3n) is 6.66. The van der Waals surface area contributed by atoms with Crippen molar-refractivity contribution in [2.75, 3.05) is 32.5 Å². The average molecular weight is 500 g/mol. The molecule has 2 aromatic heterocycles. The van der Waals surface area contributed by atoms with E-state index in [4.69, 9.17) is 4.74 Å². The highest BCUT2D eigenvalue weighted by atomic mass is 32.2. The van der Waals surface area contributed by atoms with Crippen LogP contribution < -0.4 is 4.74 Å². The van der Waals surface area contributed by atoms with Crippen LogP contribution in [-0.2, 0) is 4.79 Å². The minimum atomic E-state index is -1.06. The van der Waals surface area contributed by atoms with Gasteiger partial charge in [-0.1, -0.05) is 6.07 Å². The maximum absolute atomic E-state index is 14.7. The van der Waals surface area contributed by atoms with Gasteiger partial charge in [-0.2, -0.15) is 0 Å². The van der Waals surface area contributed by atoms with Gasteiger partial charge in [-0.05, 0) is 62.1 Å². The number of piperidine rings is 1. The second-order valence-electron chi connectivity index (χ2n) is 8.81. The van der Waals surface area contributed by atoms with Crippen molar-refractivity contribution in [3.05, 3.63) is 60.2 Å². The fourth-order valence-electron chi connectivity index (χ4n) is 4.76. The lowest BCUT2D eigenvalue weighted by Crippen LogP contribution is -2.44. The molecule has 1 aliphatic rings. The lowest BCUT2D eigenvalue weighted by molar-refractivity contribution is -0.146. The van der Waals surface area contributed by atoms with Crippen LogP contribution in [0.15, 0.2) is 53.8 Å². The van der Waals surface area contributed by atoms with Crippen LogP contribution in [0.25, 0.3) is 10.9 Å². The lowest BCUT2D eigenvalue weighted by atomic mass is 9.81. The molecule has 0 bridgehead atoms. The smallest absolute Gasteiger partial charge is 0.308 e. The molecule has 0 amide bonds. The number of aliphatic hydroxyl groups is 1. The van der Waals surface area contributed by atoms with Crippen LogP contribution in [-0.4, -0.2) is 63.5 Å². The summed E-state index contributed by atoms with van der Waals surface area (Å²) in [4.78, 5) is 22.6. The molecule has 2 N–H and O–H groups in total. The number of rotatable bonds is 10. The number of carbonyl (C=O) groups is 1. The monoisotopic (exact) mass is 499 g/mol. The fourth-order valence-corrected chi connectivity index (χ4v) is 5.63. The molecule has 0 radical (unpaired) electrons. The maximum Gasteiger partial charge on any atom is 0.308 e. The van der Waals surface area contributed by atoms with Crippen LogP contribution >= 0.6 is 11.8 Å². The van der Waals surface area contributed by atoms with Crippen molar-refractivity contribution < 1.29 is 24.1 Å². The van der Waals surface area contributed by atoms with Gasteiger partial charge in [0.15, 0.2) is 0 Å². The summed E-state index contributed by atoms with van der Waals surface area (Å²) in [6, 6.07) is 10.9. The van der Waals surface area contributed by atoms with Crippen molar-refractivity contribution in [2.24, 2.45) is 11.8 Å². The molecule has 1 fully saturated rings. The highest BCUT2D eigenvalue weighted by molar-refractivity contribution is 7.99. The van der Waals surface area contributed by atoms with E-state index in [0.29, 0.717) is 29.6 Å². The summed E-state index contributed by atoms with van der Waals surface area (Å²) in [7, 11) is 1.53. The minimum absolute atomic E-state index is 0.0764. The Morgan fingerprint density at radius 3 is 2.91 bits per heavy atom. The number of ether oxygens (including phenoxy) is 1. The Labute approximate surface area is 208 Å². The molecule has 3 aromatic rings. The summed E-state index contributed by atoms with van der Waals surface area (Å²) in [5.74, 6) is -0.602. The molecule has 0 saturated carbocycles. The van der Waals surface area contributed by atoms with Gasteiger partial charge >= 0.3 is 5.97 Å². The molecule has 0 spiro atoms. The van der Waals surface area contributed by atoms with Crippen molar-refractivity contribution in [3.8, 4) is 5.75 Å². The summed E-state index contributed by atoms with van der Waals surface area (Å²) in [6.07, 6.45) is 3.33. The number of hydrogen-bond acceptors (Lipinski definition) is 7. The number of hydrogen-bond donors (Lipinski definition) is 2. The van der Waals surface area contributed by atoms with Crippen LogP contribution in [0.2, 0.25) is 0 Å². The lowest BCUT2D eigenvalue weighted by Gasteiger charge is -2.36. The second-order valence-corrected chi connectivity index (χ2v) is 9.92. The summed E-state index contributed by atoms with van der Waals surface area (Å²) in [5, 5.41) is 22.3. The van der Waals surface area contributed by atoms with Gasteiger partial charge in [0, 0.05) is 36.0 Å². The average Bonchev–Trinajstić information content (AvgIpc) is 2.87. The molecule has 35 heavy (non-hydrogen) atoms. The van der Waals surface area contributed by atoms with Gasteiger partial charge in [0.1, 0.15) is 11.6 Å². The first kappa shape index (κ1) is 25.3. The van der Waals surface area contributed by atoms with Gasteiger partial charge in [-0.25, -0.2) is 9.37 Å². The predicted molar refractivity (Wildman–Crippen MR) is 133 cm³/mol. The molecular formula is C26H30FN3O4S. The van der Waals surface area contributed by atoms with E-state index in [-0.39, 0.29) is 17.9 Å². The van der Waals surface area contributed by atoms with Crippen LogP contribution in [0.4, 0.5) is 4.39 Å². The van der Waals surface area contributed by atoms with E-state index >= 15 is 0 Å². The summed E-state index contributed by atoms with van der Waals surface area (Å²) in [6.45, 7) is 2.07. The number of nitrogens with zero attached hydrogens (tertiary/aromatic N) is 3. The number of fused-ring (bicyclic) bond motifs is 1. The van der Waals surface area contributed by atoms with E-state index in [9.17, 15) is 19.4 Å². The molecular weight excluding hydrogens is 469 g/mol. The highest BCUT2D eigenvalue weighted by Crippen LogP contribution is 2.35. The number of carboxylic acids is 1. The van der Waals surface area contributed by atoms with Crippen LogP contribution in [0.3, 0.4) is 0 Å². The van der Waals surface area contributed by atoms with E-state index in [1.807, 2.05) is 18.2 Å². The van der Waals surface area contributed by atoms with Gasteiger partial charge in [-0.15, -0.1) is 11.8 Å². The molecule has 0 aliphatic carbocycles. The number of halogens is 1. The Hall–Kier alpha value is -2.75. The number of aromatic nitrogens is 2. The predicted octanol–water partition coefficient (Wildman–Crippen LogP) is 4.41. The van der Waals surface area contributed by atoms with Crippen molar-refractivity contribution in [2.45, 2.75) is 30.4 Å². The fraction of sp³-hybridized carbons (Fsp3) is 0.423. The van der Waals surface area contributed by atoms with E-state index in [0.717, 1.165) is 36.5 Å². The third-order valence-corrected chi connectivity index (χ3v) is 7.59. The van der Waals surface area contributed by atoms with E-state index < -0.39 is 23.8 Å². The Kier molecular flexibility index (Phi) is 8.54. The SMILES string of the molecule is COc1ccc2ncc(F)c(C(O)CCC3CCN(CCSc4ccccn4)CC3C(=O)O)c2c1. The molecule has 1 saturated heterocycles. The normalized spacial score (nSPS) is 19.5.